The number of nitrogens with zero attached hydrogens (tertiary/aromatic N) is 2. The molecule has 0 bridgehead atoms. The van der Waals surface area contributed by atoms with Crippen LogP contribution in [0.4, 0.5) is 0 Å². The highest BCUT2D eigenvalue weighted by molar-refractivity contribution is 6.18. The Kier molecular flexibility index (Phi) is 4.88. The van der Waals surface area contributed by atoms with Gasteiger partial charge in [0.05, 0.1) is 16.6 Å². The minimum atomic E-state index is -0.186. The summed E-state index contributed by atoms with van der Waals surface area (Å²) in [6, 6.07) is 15.0. The van der Waals surface area contributed by atoms with E-state index in [0.717, 1.165) is 39.1 Å². The van der Waals surface area contributed by atoms with Crippen LogP contribution in [0.1, 0.15) is 6.42 Å². The van der Waals surface area contributed by atoms with Gasteiger partial charge in [-0.15, -0.1) is 0 Å². The average Bonchev–Trinajstić information content (AvgIpc) is 3.14. The molecule has 7 nitrogen and oxygen atoms in total. The van der Waals surface area contributed by atoms with Crippen molar-refractivity contribution in [3.63, 3.8) is 0 Å². The van der Waals surface area contributed by atoms with Crippen molar-refractivity contribution in [3.05, 3.63) is 65.1 Å². The second-order valence-corrected chi connectivity index (χ2v) is 7.41. The van der Waals surface area contributed by atoms with E-state index in [1.165, 1.54) is 0 Å². The maximum atomic E-state index is 13.3. The zero-order valence-corrected chi connectivity index (χ0v) is 17.1. The number of hydrogen-bond donors (Lipinski definition) is 1. The van der Waals surface area contributed by atoms with Crippen molar-refractivity contribution in [2.24, 2.45) is 0 Å². The van der Waals surface area contributed by atoms with E-state index in [4.69, 9.17) is 9.47 Å². The summed E-state index contributed by atoms with van der Waals surface area (Å²) < 4.78 is 12.4. The number of benzene rings is 2. The first-order valence-corrected chi connectivity index (χ1v) is 10.1. The number of amides is 1. The van der Waals surface area contributed by atoms with Gasteiger partial charge in [0.25, 0.3) is 11.5 Å². The third-order valence-electron chi connectivity index (χ3n) is 5.48. The first kappa shape index (κ1) is 19.3. The van der Waals surface area contributed by atoms with Crippen LogP contribution in [-0.4, -0.2) is 42.2 Å². The highest BCUT2D eigenvalue weighted by Gasteiger charge is 2.18. The van der Waals surface area contributed by atoms with Crippen LogP contribution in [0.25, 0.3) is 38.1 Å². The monoisotopic (exact) mass is 415 g/mol. The third-order valence-corrected chi connectivity index (χ3v) is 5.48. The first-order valence-electron chi connectivity index (χ1n) is 10.1. The molecule has 0 spiro atoms. The van der Waals surface area contributed by atoms with E-state index in [9.17, 15) is 9.59 Å². The number of carbonyl (C=O) groups is 1. The van der Waals surface area contributed by atoms with Gasteiger partial charge >= 0.3 is 0 Å². The third kappa shape index (κ3) is 3.23. The Morgan fingerprint density at radius 3 is 2.74 bits per heavy atom. The first-order chi connectivity index (χ1) is 15.2. The van der Waals surface area contributed by atoms with Gasteiger partial charge in [0.15, 0.2) is 6.61 Å². The molecule has 0 atom stereocenters. The highest BCUT2D eigenvalue weighted by atomic mass is 16.5. The van der Waals surface area contributed by atoms with Gasteiger partial charge < -0.3 is 14.8 Å². The zero-order chi connectivity index (χ0) is 21.4. The topological polar surface area (TPSA) is 81.9 Å². The summed E-state index contributed by atoms with van der Waals surface area (Å²) in [5.74, 6) is 0.384. The van der Waals surface area contributed by atoms with Crippen LogP contribution in [0.15, 0.2) is 59.5 Å². The molecule has 1 N–H and O–H groups in total. The summed E-state index contributed by atoms with van der Waals surface area (Å²) in [6.45, 7) is 1.07. The van der Waals surface area contributed by atoms with Gasteiger partial charge in [-0.25, -0.2) is 0 Å². The number of nitrogens with one attached hydrogen (secondary N) is 1. The number of carbonyl (C=O) groups excluding carboxylic acids is 1. The van der Waals surface area contributed by atoms with Crippen molar-refractivity contribution in [2.75, 3.05) is 26.9 Å². The van der Waals surface area contributed by atoms with Crippen molar-refractivity contribution in [3.8, 4) is 5.75 Å². The lowest BCUT2D eigenvalue weighted by atomic mass is 10.1. The standard InChI is InChI=1S/C24H21N3O4/c1-30-12-4-10-25-21(28)14-31-15-7-8-20-19(13-15)17-9-11-26-22-16-5-2-3-6-18(16)24(29)27(20)23(17)22/h2-3,5-9,11,13H,4,10,12,14H2,1H3,(H,25,28). The maximum absolute atomic E-state index is 13.3. The fourth-order valence-corrected chi connectivity index (χ4v) is 4.08. The number of ether oxygens (including phenoxy) is 2. The van der Waals surface area contributed by atoms with E-state index in [-0.39, 0.29) is 18.1 Å². The number of fused-ring (bicyclic) bond motifs is 5. The Balaban J connectivity index is 1.54. The summed E-state index contributed by atoms with van der Waals surface area (Å²) in [5, 5.41) is 6.09. The molecule has 0 saturated carbocycles. The molecule has 31 heavy (non-hydrogen) atoms. The number of rotatable bonds is 7. The molecule has 7 heteroatoms. The summed E-state index contributed by atoms with van der Waals surface area (Å²) in [5.41, 5.74) is 2.32. The van der Waals surface area contributed by atoms with Crippen LogP contribution in [0.5, 0.6) is 5.75 Å². The number of methoxy groups -OCH3 is 1. The Hall–Kier alpha value is -3.71. The molecule has 0 radical (unpaired) electrons. The van der Waals surface area contributed by atoms with Gasteiger partial charge in [0, 0.05) is 48.0 Å². The molecule has 5 aromatic rings. The quantitative estimate of drug-likeness (QED) is 0.326. The fourth-order valence-electron chi connectivity index (χ4n) is 4.08. The molecule has 0 fully saturated rings. The molecule has 3 heterocycles. The molecule has 0 unspecified atom stereocenters. The molecular formula is C24H21N3O4. The van der Waals surface area contributed by atoms with Crippen molar-refractivity contribution in [1.29, 1.82) is 0 Å². The minimum Gasteiger partial charge on any atom is -0.484 e. The summed E-state index contributed by atoms with van der Waals surface area (Å²) in [6.07, 6.45) is 2.51. The van der Waals surface area contributed by atoms with Crippen LogP contribution in [0.3, 0.4) is 0 Å². The van der Waals surface area contributed by atoms with E-state index >= 15 is 0 Å². The lowest BCUT2D eigenvalue weighted by Crippen LogP contribution is -2.30. The largest absolute Gasteiger partial charge is 0.484 e. The predicted molar refractivity (Wildman–Crippen MR) is 120 cm³/mol. The normalized spacial score (nSPS) is 11.6. The second kappa shape index (κ2) is 7.85. The van der Waals surface area contributed by atoms with E-state index < -0.39 is 0 Å². The SMILES string of the molecule is COCCCNC(=O)COc1ccc2c(c1)c1ccnc3c4ccccc4c(=O)n2c13. The maximum Gasteiger partial charge on any atom is 0.263 e. The fraction of sp³-hybridized carbons (Fsp3) is 0.208. The Morgan fingerprint density at radius 1 is 1.06 bits per heavy atom. The van der Waals surface area contributed by atoms with E-state index in [1.54, 1.807) is 23.8 Å². The van der Waals surface area contributed by atoms with Crippen LogP contribution in [0, 0.1) is 0 Å². The molecule has 0 aliphatic carbocycles. The number of pyridine rings is 2. The molecule has 2 aromatic carbocycles. The van der Waals surface area contributed by atoms with Crippen LogP contribution >= 0.6 is 0 Å². The molecule has 1 amide bonds. The molecule has 3 aromatic heterocycles. The summed E-state index contributed by atoms with van der Waals surface area (Å²) in [7, 11) is 1.63. The van der Waals surface area contributed by atoms with E-state index in [1.807, 2.05) is 42.5 Å². The molecule has 0 saturated heterocycles. The van der Waals surface area contributed by atoms with Crippen LogP contribution < -0.4 is 15.6 Å². The van der Waals surface area contributed by atoms with Gasteiger partial charge in [-0.2, -0.15) is 0 Å². The van der Waals surface area contributed by atoms with Gasteiger partial charge in [0.1, 0.15) is 5.75 Å². The Labute approximate surface area is 177 Å². The lowest BCUT2D eigenvalue weighted by molar-refractivity contribution is -0.123. The number of aromatic nitrogens is 2. The Morgan fingerprint density at radius 2 is 1.90 bits per heavy atom. The second-order valence-electron chi connectivity index (χ2n) is 7.41. The van der Waals surface area contributed by atoms with Crippen LogP contribution in [-0.2, 0) is 9.53 Å². The minimum absolute atomic E-state index is 0.0693. The van der Waals surface area contributed by atoms with Gasteiger partial charge in [-0.05, 0) is 36.8 Å². The Bertz CT molecular complexity index is 1470. The zero-order valence-electron chi connectivity index (χ0n) is 17.1. The summed E-state index contributed by atoms with van der Waals surface area (Å²) >= 11 is 0. The van der Waals surface area contributed by atoms with Crippen molar-refractivity contribution < 1.29 is 14.3 Å². The van der Waals surface area contributed by atoms with Crippen LogP contribution in [0.2, 0.25) is 0 Å². The van der Waals surface area contributed by atoms with Gasteiger partial charge in [0.2, 0.25) is 0 Å². The smallest absolute Gasteiger partial charge is 0.263 e. The lowest BCUT2D eigenvalue weighted by Gasteiger charge is -2.07. The molecule has 0 aliphatic heterocycles. The van der Waals surface area contributed by atoms with E-state index in [0.29, 0.717) is 24.3 Å². The highest BCUT2D eigenvalue weighted by Crippen LogP contribution is 2.34. The molecule has 0 aliphatic rings. The van der Waals surface area contributed by atoms with E-state index in [2.05, 4.69) is 10.3 Å². The predicted octanol–water partition coefficient (Wildman–Crippen LogP) is 3.12. The van der Waals surface area contributed by atoms with Gasteiger partial charge in [-0.3, -0.25) is 19.0 Å². The molecule has 5 rings (SSSR count). The number of hydrogen-bond acceptors (Lipinski definition) is 5. The molecule has 156 valence electrons. The summed E-state index contributed by atoms with van der Waals surface area (Å²) in [4.78, 5) is 29.8. The van der Waals surface area contributed by atoms with Crippen molar-refractivity contribution in [1.82, 2.24) is 14.7 Å². The van der Waals surface area contributed by atoms with Crippen molar-refractivity contribution >= 4 is 44.0 Å². The van der Waals surface area contributed by atoms with Crippen molar-refractivity contribution in [2.45, 2.75) is 6.42 Å². The van der Waals surface area contributed by atoms with Gasteiger partial charge in [-0.1, -0.05) is 18.2 Å². The molecular weight excluding hydrogens is 394 g/mol. The average molecular weight is 415 g/mol.